The van der Waals surface area contributed by atoms with E-state index in [1.165, 1.54) is 80.4 Å². The zero-order valence-corrected chi connectivity index (χ0v) is 23.7. The van der Waals surface area contributed by atoms with Crippen LogP contribution < -0.4 is 4.57 Å². The molecule has 0 N–H and O–H groups in total. The van der Waals surface area contributed by atoms with Gasteiger partial charge in [-0.05, 0) is 36.1 Å². The third-order valence-electron chi connectivity index (χ3n) is 7.97. The number of hydrogen-bond donors (Lipinski definition) is 0. The summed E-state index contributed by atoms with van der Waals surface area (Å²) in [5.74, 6) is 1.41. The SMILES string of the molecule is CCCCCCCCCCCc1n(-c2ccccc2)cc[n+]1CC(C)(Cc1ccccc1)c1ccccc1. The van der Waals surface area contributed by atoms with Crippen LogP contribution in [0.15, 0.2) is 103 Å². The van der Waals surface area contributed by atoms with Gasteiger partial charge in [0.2, 0.25) is 0 Å². The van der Waals surface area contributed by atoms with Crippen molar-refractivity contribution in [1.82, 2.24) is 4.57 Å². The van der Waals surface area contributed by atoms with Crippen molar-refractivity contribution < 1.29 is 4.57 Å². The highest BCUT2D eigenvalue weighted by atomic mass is 15.2. The molecule has 0 radical (unpaired) electrons. The van der Waals surface area contributed by atoms with Gasteiger partial charge in [-0.15, -0.1) is 0 Å². The predicted molar refractivity (Wildman–Crippen MR) is 161 cm³/mol. The van der Waals surface area contributed by atoms with Crippen LogP contribution in [0.3, 0.4) is 0 Å². The van der Waals surface area contributed by atoms with Gasteiger partial charge >= 0.3 is 0 Å². The van der Waals surface area contributed by atoms with Gasteiger partial charge in [0.15, 0.2) is 0 Å². The lowest BCUT2D eigenvalue weighted by Gasteiger charge is -2.29. The number of hydrogen-bond acceptors (Lipinski definition) is 0. The summed E-state index contributed by atoms with van der Waals surface area (Å²) in [7, 11) is 0. The molecule has 200 valence electrons. The fourth-order valence-corrected chi connectivity index (χ4v) is 5.80. The molecule has 0 aliphatic heterocycles. The van der Waals surface area contributed by atoms with E-state index in [0.717, 1.165) is 19.4 Å². The Morgan fingerprint density at radius 3 is 1.84 bits per heavy atom. The van der Waals surface area contributed by atoms with E-state index in [1.54, 1.807) is 0 Å². The topological polar surface area (TPSA) is 8.81 Å². The minimum atomic E-state index is -0.0105. The molecule has 0 aliphatic carbocycles. The largest absolute Gasteiger partial charge is 0.261 e. The molecule has 0 saturated heterocycles. The Morgan fingerprint density at radius 1 is 0.658 bits per heavy atom. The maximum absolute atomic E-state index is 2.54. The molecule has 1 unspecified atom stereocenters. The van der Waals surface area contributed by atoms with Crippen LogP contribution in [0.25, 0.3) is 5.69 Å². The van der Waals surface area contributed by atoms with Crippen molar-refractivity contribution in [2.75, 3.05) is 0 Å². The number of rotatable bonds is 16. The highest BCUT2D eigenvalue weighted by Gasteiger charge is 2.32. The van der Waals surface area contributed by atoms with Gasteiger partial charge in [0, 0.05) is 11.8 Å². The van der Waals surface area contributed by atoms with E-state index in [2.05, 4.69) is 126 Å². The second-order valence-corrected chi connectivity index (χ2v) is 11.2. The molecule has 0 fully saturated rings. The Balaban J connectivity index is 1.52. The average Bonchev–Trinajstić information content (AvgIpc) is 3.35. The van der Waals surface area contributed by atoms with Gasteiger partial charge in [0.25, 0.3) is 5.82 Å². The third-order valence-corrected chi connectivity index (χ3v) is 7.97. The minimum absolute atomic E-state index is 0.0105. The van der Waals surface area contributed by atoms with Crippen LogP contribution in [0.1, 0.15) is 88.6 Å². The summed E-state index contributed by atoms with van der Waals surface area (Å²) in [5, 5.41) is 0. The van der Waals surface area contributed by atoms with E-state index < -0.39 is 0 Å². The van der Waals surface area contributed by atoms with Crippen molar-refractivity contribution in [2.24, 2.45) is 0 Å². The molecule has 2 heteroatoms. The monoisotopic (exact) mass is 507 g/mol. The van der Waals surface area contributed by atoms with Crippen molar-refractivity contribution in [3.8, 4) is 5.69 Å². The van der Waals surface area contributed by atoms with Crippen molar-refractivity contribution in [3.05, 3.63) is 120 Å². The van der Waals surface area contributed by atoms with Crippen molar-refractivity contribution in [2.45, 2.75) is 96.4 Å². The Bertz CT molecular complexity index is 1180. The Labute approximate surface area is 231 Å². The number of aromatic nitrogens is 2. The summed E-state index contributed by atoms with van der Waals surface area (Å²) >= 11 is 0. The van der Waals surface area contributed by atoms with Gasteiger partial charge in [0.1, 0.15) is 18.1 Å². The van der Waals surface area contributed by atoms with Gasteiger partial charge < -0.3 is 0 Å². The van der Waals surface area contributed by atoms with E-state index in [0.29, 0.717) is 0 Å². The molecule has 0 bridgehead atoms. The molecule has 0 aliphatic rings. The molecule has 38 heavy (non-hydrogen) atoms. The van der Waals surface area contributed by atoms with E-state index in [9.17, 15) is 0 Å². The summed E-state index contributed by atoms with van der Waals surface area (Å²) < 4.78 is 4.95. The summed E-state index contributed by atoms with van der Waals surface area (Å²) in [6.07, 6.45) is 18.9. The fourth-order valence-electron chi connectivity index (χ4n) is 5.80. The molecule has 1 aromatic heterocycles. The second kappa shape index (κ2) is 14.7. The summed E-state index contributed by atoms with van der Waals surface area (Å²) in [5.41, 5.74) is 4.03. The smallest absolute Gasteiger partial charge is 0.233 e. The summed E-state index contributed by atoms with van der Waals surface area (Å²) in [6, 6.07) is 32.9. The van der Waals surface area contributed by atoms with Crippen LogP contribution in [0, 0.1) is 0 Å². The molecule has 4 aromatic rings. The van der Waals surface area contributed by atoms with Crippen LogP contribution >= 0.6 is 0 Å². The molecule has 4 rings (SSSR count). The molecule has 2 nitrogen and oxygen atoms in total. The third kappa shape index (κ3) is 7.93. The molecule has 3 aromatic carbocycles. The van der Waals surface area contributed by atoms with Crippen LogP contribution in [0.5, 0.6) is 0 Å². The van der Waals surface area contributed by atoms with Crippen LogP contribution in [-0.4, -0.2) is 4.57 Å². The molecule has 1 atom stereocenters. The zero-order valence-electron chi connectivity index (χ0n) is 23.7. The molecule has 1 heterocycles. The lowest BCUT2D eigenvalue weighted by Crippen LogP contribution is -2.47. The second-order valence-electron chi connectivity index (χ2n) is 11.2. The lowest BCUT2D eigenvalue weighted by atomic mass is 9.77. The quantitative estimate of drug-likeness (QED) is 0.106. The number of para-hydroxylation sites is 1. The number of benzene rings is 3. The highest BCUT2D eigenvalue weighted by molar-refractivity contribution is 5.32. The first-order valence-electron chi connectivity index (χ1n) is 14.9. The Morgan fingerprint density at radius 2 is 1.21 bits per heavy atom. The normalized spacial score (nSPS) is 12.9. The van der Waals surface area contributed by atoms with Crippen molar-refractivity contribution >= 4 is 0 Å². The first kappa shape index (κ1) is 27.9. The van der Waals surface area contributed by atoms with Gasteiger partial charge in [0.05, 0.1) is 6.54 Å². The fraction of sp³-hybridized carbons (Fsp3) is 0.417. The molecule has 0 saturated carbocycles. The Hall–Kier alpha value is -3.13. The van der Waals surface area contributed by atoms with Gasteiger partial charge in [-0.1, -0.05) is 144 Å². The van der Waals surface area contributed by atoms with Gasteiger partial charge in [-0.25, -0.2) is 4.57 Å². The zero-order chi connectivity index (χ0) is 26.5. The number of nitrogens with zero attached hydrogens (tertiary/aromatic N) is 2. The van der Waals surface area contributed by atoms with E-state index >= 15 is 0 Å². The molecular formula is C36H47N2+. The molecular weight excluding hydrogens is 460 g/mol. The molecule has 0 spiro atoms. The minimum Gasteiger partial charge on any atom is -0.233 e. The number of unbranched alkanes of at least 4 members (excludes halogenated alkanes) is 8. The number of imidazole rings is 1. The summed E-state index contributed by atoms with van der Waals surface area (Å²) in [6.45, 7) is 5.69. The van der Waals surface area contributed by atoms with E-state index in [1.807, 2.05) is 0 Å². The van der Waals surface area contributed by atoms with Gasteiger partial charge in [-0.3, -0.25) is 0 Å². The average molecular weight is 508 g/mol. The predicted octanol–water partition coefficient (Wildman–Crippen LogP) is 9.04. The van der Waals surface area contributed by atoms with E-state index in [4.69, 9.17) is 0 Å². The maximum atomic E-state index is 2.54. The summed E-state index contributed by atoms with van der Waals surface area (Å²) in [4.78, 5) is 0. The first-order valence-corrected chi connectivity index (χ1v) is 14.9. The van der Waals surface area contributed by atoms with Crippen molar-refractivity contribution in [3.63, 3.8) is 0 Å². The van der Waals surface area contributed by atoms with Crippen LogP contribution in [-0.2, 0) is 24.8 Å². The van der Waals surface area contributed by atoms with Gasteiger partial charge in [-0.2, -0.15) is 4.57 Å². The Kier molecular flexibility index (Phi) is 10.8. The van der Waals surface area contributed by atoms with Crippen LogP contribution in [0.2, 0.25) is 0 Å². The first-order chi connectivity index (χ1) is 18.7. The standard InChI is InChI=1S/C36H47N2/c1-3-4-5-6-7-8-9-10-20-27-35-37(28-29-38(35)34-25-18-13-19-26-34)31-36(2,33-23-16-12-17-24-33)30-32-21-14-11-15-22-32/h11-19,21-26,28-29H,3-10,20,27,30-31H2,1-2H3/q+1. The highest BCUT2D eigenvalue weighted by Crippen LogP contribution is 2.29. The van der Waals surface area contributed by atoms with Crippen molar-refractivity contribution in [1.29, 1.82) is 0 Å². The maximum Gasteiger partial charge on any atom is 0.261 e. The van der Waals surface area contributed by atoms with E-state index in [-0.39, 0.29) is 5.41 Å². The van der Waals surface area contributed by atoms with Crippen LogP contribution in [0.4, 0.5) is 0 Å². The lowest BCUT2D eigenvalue weighted by molar-refractivity contribution is -0.711. The molecule has 0 amide bonds.